The first kappa shape index (κ1) is 18.5. The topological polar surface area (TPSA) is 61.2 Å². The van der Waals surface area contributed by atoms with Crippen LogP contribution in [0.4, 0.5) is 5.69 Å². The van der Waals surface area contributed by atoms with E-state index in [0.29, 0.717) is 29.3 Å². The molecule has 0 spiro atoms. The highest BCUT2D eigenvalue weighted by atomic mass is 32.2. The minimum absolute atomic E-state index is 0.0983. The Morgan fingerprint density at radius 1 is 1.12 bits per heavy atom. The van der Waals surface area contributed by atoms with Crippen molar-refractivity contribution in [3.05, 3.63) is 59.7 Å². The van der Waals surface area contributed by atoms with Crippen molar-refractivity contribution in [2.75, 3.05) is 4.31 Å². The molecule has 0 aliphatic carbocycles. The summed E-state index contributed by atoms with van der Waals surface area (Å²) in [6, 6.07) is 16.6. The van der Waals surface area contributed by atoms with Crippen LogP contribution < -0.4 is 4.31 Å². The van der Waals surface area contributed by atoms with Crippen molar-refractivity contribution < 1.29 is 8.42 Å². The summed E-state index contributed by atoms with van der Waals surface area (Å²) in [5.74, 6) is 0.227. The molecule has 2 atom stereocenters. The summed E-state index contributed by atoms with van der Waals surface area (Å²) < 4.78 is 28.6. The van der Waals surface area contributed by atoms with Gasteiger partial charge in [-0.2, -0.15) is 5.26 Å². The molecule has 2 aromatic carbocycles. The van der Waals surface area contributed by atoms with E-state index >= 15 is 0 Å². The van der Waals surface area contributed by atoms with Gasteiger partial charge in [-0.3, -0.25) is 4.31 Å². The van der Waals surface area contributed by atoms with Gasteiger partial charge in [-0.1, -0.05) is 49.7 Å². The lowest BCUT2D eigenvalue weighted by Gasteiger charge is -2.30. The molecule has 1 aliphatic rings. The Labute approximate surface area is 156 Å². The van der Waals surface area contributed by atoms with Crippen molar-refractivity contribution in [3.63, 3.8) is 0 Å². The minimum Gasteiger partial charge on any atom is -0.262 e. The monoisotopic (exact) mass is 368 g/mol. The van der Waals surface area contributed by atoms with Gasteiger partial charge in [0.15, 0.2) is 0 Å². The fraction of sp³-hybridized carbons (Fsp3) is 0.381. The average Bonchev–Trinajstić information content (AvgIpc) is 2.89. The summed E-state index contributed by atoms with van der Waals surface area (Å²) >= 11 is 0. The van der Waals surface area contributed by atoms with Gasteiger partial charge in [-0.25, -0.2) is 8.42 Å². The van der Waals surface area contributed by atoms with Gasteiger partial charge in [0.1, 0.15) is 0 Å². The first-order chi connectivity index (χ1) is 12.4. The van der Waals surface area contributed by atoms with Crippen molar-refractivity contribution in [2.45, 2.75) is 50.5 Å². The molecule has 0 radical (unpaired) electrons. The molecule has 136 valence electrons. The lowest BCUT2D eigenvalue weighted by atomic mass is 9.88. The zero-order valence-corrected chi connectivity index (χ0v) is 16.2. The van der Waals surface area contributed by atoms with Gasteiger partial charge < -0.3 is 0 Å². The predicted molar refractivity (Wildman–Crippen MR) is 103 cm³/mol. The summed E-state index contributed by atoms with van der Waals surface area (Å²) in [5, 5.41) is 9.32. The van der Waals surface area contributed by atoms with Crippen LogP contribution >= 0.6 is 0 Å². The highest BCUT2D eigenvalue weighted by Crippen LogP contribution is 2.47. The number of nitriles is 1. The molecule has 0 aromatic heterocycles. The SMILES string of the molecule is Cc1ccc(S(=O)(=O)N2c3ccccc3[C@@H](CC#N)[C@@H]2CC(C)C)cc1. The van der Waals surface area contributed by atoms with Crippen molar-refractivity contribution in [1.29, 1.82) is 5.26 Å². The Kier molecular flexibility index (Phi) is 5.06. The first-order valence-electron chi connectivity index (χ1n) is 8.93. The molecular formula is C21H24N2O2S. The molecule has 4 nitrogen and oxygen atoms in total. The number of nitrogens with zero attached hydrogens (tertiary/aromatic N) is 2. The Hall–Kier alpha value is -2.32. The Bertz CT molecular complexity index is 927. The molecule has 0 unspecified atom stereocenters. The molecule has 0 amide bonds. The van der Waals surface area contributed by atoms with Gasteiger partial charge in [0.05, 0.1) is 22.7 Å². The maximum Gasteiger partial charge on any atom is 0.264 e. The van der Waals surface area contributed by atoms with E-state index in [1.54, 1.807) is 16.4 Å². The normalized spacial score (nSPS) is 19.4. The third-order valence-electron chi connectivity index (χ3n) is 4.94. The molecule has 3 rings (SSSR count). The summed E-state index contributed by atoms with van der Waals surface area (Å²) in [4.78, 5) is 0.296. The van der Waals surface area contributed by atoms with Crippen LogP contribution in [0.25, 0.3) is 0 Å². The third-order valence-corrected chi connectivity index (χ3v) is 6.79. The van der Waals surface area contributed by atoms with Crippen molar-refractivity contribution >= 4 is 15.7 Å². The summed E-state index contributed by atoms with van der Waals surface area (Å²) in [7, 11) is -3.69. The Morgan fingerprint density at radius 3 is 2.38 bits per heavy atom. The van der Waals surface area contributed by atoms with Crippen LogP contribution in [0, 0.1) is 24.2 Å². The fourth-order valence-corrected chi connectivity index (χ4v) is 5.49. The Morgan fingerprint density at radius 2 is 1.77 bits per heavy atom. The van der Waals surface area contributed by atoms with E-state index in [1.807, 2.05) is 43.3 Å². The molecule has 26 heavy (non-hydrogen) atoms. The lowest BCUT2D eigenvalue weighted by Crippen LogP contribution is -2.40. The number of para-hydroxylation sites is 1. The molecule has 0 saturated heterocycles. The number of aryl methyl sites for hydroxylation is 1. The van der Waals surface area contributed by atoms with Crippen molar-refractivity contribution in [1.82, 2.24) is 0 Å². The standard InChI is InChI=1S/C21H24N2O2S/c1-15(2)14-21-19(12-13-22)18-6-4-5-7-20(18)23(21)26(24,25)17-10-8-16(3)9-11-17/h4-11,15,19,21H,12,14H2,1-3H3/t19-,21+/m1/s1. The zero-order chi connectivity index (χ0) is 18.9. The van der Waals surface area contributed by atoms with Crippen LogP contribution in [0.2, 0.25) is 0 Å². The minimum atomic E-state index is -3.69. The van der Waals surface area contributed by atoms with E-state index < -0.39 is 10.0 Å². The van der Waals surface area contributed by atoms with E-state index in [1.165, 1.54) is 0 Å². The Balaban J connectivity index is 2.16. The number of anilines is 1. The van der Waals surface area contributed by atoms with Gasteiger partial charge in [0.25, 0.3) is 10.0 Å². The molecule has 0 bridgehead atoms. The number of hydrogen-bond acceptors (Lipinski definition) is 3. The van der Waals surface area contributed by atoms with E-state index in [0.717, 1.165) is 11.1 Å². The van der Waals surface area contributed by atoms with Gasteiger partial charge >= 0.3 is 0 Å². The number of benzene rings is 2. The molecule has 0 N–H and O–H groups in total. The number of fused-ring (bicyclic) bond motifs is 1. The van der Waals surface area contributed by atoms with Gasteiger partial charge in [-0.05, 0) is 43.0 Å². The summed E-state index contributed by atoms with van der Waals surface area (Å²) in [5.41, 5.74) is 2.68. The first-order valence-corrected chi connectivity index (χ1v) is 10.4. The van der Waals surface area contributed by atoms with Gasteiger partial charge in [0.2, 0.25) is 0 Å². The van der Waals surface area contributed by atoms with Crippen LogP contribution in [0.1, 0.15) is 43.7 Å². The highest BCUT2D eigenvalue weighted by Gasteiger charge is 2.44. The quantitative estimate of drug-likeness (QED) is 0.774. The van der Waals surface area contributed by atoms with Crippen molar-refractivity contribution in [3.8, 4) is 6.07 Å². The molecular weight excluding hydrogens is 344 g/mol. The number of rotatable bonds is 5. The van der Waals surface area contributed by atoms with Gasteiger partial charge in [0, 0.05) is 12.3 Å². The largest absolute Gasteiger partial charge is 0.264 e. The molecule has 0 fully saturated rings. The summed E-state index contributed by atoms with van der Waals surface area (Å²) in [6.45, 7) is 6.11. The second-order valence-electron chi connectivity index (χ2n) is 7.34. The van der Waals surface area contributed by atoms with Gasteiger partial charge in [-0.15, -0.1) is 0 Å². The van der Waals surface area contributed by atoms with E-state index in [2.05, 4.69) is 19.9 Å². The number of sulfonamides is 1. The molecule has 2 aromatic rings. The van der Waals surface area contributed by atoms with E-state index in [4.69, 9.17) is 0 Å². The van der Waals surface area contributed by atoms with Crippen LogP contribution in [0.5, 0.6) is 0 Å². The van der Waals surface area contributed by atoms with E-state index in [-0.39, 0.29) is 12.0 Å². The van der Waals surface area contributed by atoms with E-state index in [9.17, 15) is 13.7 Å². The molecule has 1 heterocycles. The van der Waals surface area contributed by atoms with Crippen LogP contribution in [0.3, 0.4) is 0 Å². The lowest BCUT2D eigenvalue weighted by molar-refractivity contribution is 0.451. The second-order valence-corrected chi connectivity index (χ2v) is 9.15. The molecule has 0 saturated carbocycles. The van der Waals surface area contributed by atoms with Crippen LogP contribution in [-0.4, -0.2) is 14.5 Å². The number of hydrogen-bond donors (Lipinski definition) is 0. The highest BCUT2D eigenvalue weighted by molar-refractivity contribution is 7.92. The average molecular weight is 369 g/mol. The zero-order valence-electron chi connectivity index (χ0n) is 15.4. The maximum absolute atomic E-state index is 13.5. The van der Waals surface area contributed by atoms with Crippen molar-refractivity contribution in [2.24, 2.45) is 5.92 Å². The molecule has 5 heteroatoms. The second kappa shape index (κ2) is 7.13. The summed E-state index contributed by atoms with van der Waals surface area (Å²) in [6.07, 6.45) is 1.03. The maximum atomic E-state index is 13.5. The fourth-order valence-electron chi connectivity index (χ4n) is 3.77. The predicted octanol–water partition coefficient (Wildman–Crippen LogP) is 4.62. The van der Waals surface area contributed by atoms with Crippen LogP contribution in [-0.2, 0) is 10.0 Å². The van der Waals surface area contributed by atoms with Crippen LogP contribution in [0.15, 0.2) is 53.4 Å². The smallest absolute Gasteiger partial charge is 0.262 e. The molecule has 1 aliphatic heterocycles. The third kappa shape index (κ3) is 3.22.